The van der Waals surface area contributed by atoms with Crippen molar-refractivity contribution >= 4 is 44.2 Å². The molecule has 0 saturated heterocycles. The van der Waals surface area contributed by atoms with Crippen molar-refractivity contribution in [2.75, 3.05) is 0 Å². The maximum atomic E-state index is 6.31. The van der Waals surface area contributed by atoms with Crippen LogP contribution in [0.5, 0.6) is 0 Å². The van der Waals surface area contributed by atoms with Crippen molar-refractivity contribution in [2.45, 2.75) is 19.8 Å². The quantitative estimate of drug-likeness (QED) is 0.700. The van der Waals surface area contributed by atoms with Crippen LogP contribution in [0.4, 0.5) is 0 Å². The summed E-state index contributed by atoms with van der Waals surface area (Å²) in [5.41, 5.74) is 1.08. The molecule has 0 amide bonds. The van der Waals surface area contributed by atoms with Crippen molar-refractivity contribution < 1.29 is 0 Å². The Balaban J connectivity index is 2.83. The van der Waals surface area contributed by atoms with Gasteiger partial charge in [-0.2, -0.15) is 0 Å². The molecule has 1 nitrogen and oxygen atoms in total. The summed E-state index contributed by atoms with van der Waals surface area (Å²) in [7, 11) is 0. The molecule has 0 unspecified atom stereocenters. The van der Waals surface area contributed by atoms with Gasteiger partial charge in [0.05, 0.1) is 5.36 Å². The molecule has 0 aromatic heterocycles. The Bertz CT molecular complexity index is 575. The zero-order valence-corrected chi connectivity index (χ0v) is 11.8. The Morgan fingerprint density at radius 1 is 1.38 bits per heavy atom. The lowest BCUT2D eigenvalue weighted by atomic mass is 10.1. The van der Waals surface area contributed by atoms with Gasteiger partial charge in [-0.15, -0.1) is 0 Å². The van der Waals surface area contributed by atoms with Gasteiger partial charge in [0.15, 0.2) is 0 Å². The summed E-state index contributed by atoms with van der Waals surface area (Å²) in [6.07, 6.45) is 1.55. The van der Waals surface area contributed by atoms with Gasteiger partial charge in [0.1, 0.15) is 5.16 Å². The third-order valence-electron chi connectivity index (χ3n) is 2.58. The number of nitrogens with zero attached hydrogens (tertiary/aromatic N) is 1. The van der Waals surface area contributed by atoms with E-state index in [9.17, 15) is 0 Å². The number of halogens is 3. The molecule has 0 radical (unpaired) electrons. The molecule has 1 heterocycles. The number of hydrogen-bond donors (Lipinski definition) is 0. The molecule has 0 saturated carbocycles. The molecule has 1 aromatic carbocycles. The Morgan fingerprint density at radius 3 is 2.81 bits per heavy atom. The molecule has 2 rings (SSSR count). The van der Waals surface area contributed by atoms with E-state index in [1.807, 2.05) is 18.2 Å². The molecule has 0 bridgehead atoms. The van der Waals surface area contributed by atoms with Crippen LogP contribution < -0.4 is 10.6 Å². The Kier molecular flexibility index (Phi) is 3.73. The molecular weight excluding hydrogens is 309 g/mol. The molecular formula is C12H10BrCl2N. The molecule has 16 heavy (non-hydrogen) atoms. The summed E-state index contributed by atoms with van der Waals surface area (Å²) in [6, 6.07) is 5.86. The molecule has 0 N–H and O–H groups in total. The van der Waals surface area contributed by atoms with E-state index in [1.165, 1.54) is 0 Å². The minimum atomic E-state index is 0.561. The van der Waals surface area contributed by atoms with Crippen LogP contribution >= 0.6 is 39.1 Å². The van der Waals surface area contributed by atoms with Gasteiger partial charge in [0, 0.05) is 21.1 Å². The lowest BCUT2D eigenvalue weighted by Gasteiger charge is -2.01. The smallest absolute Gasteiger partial charge is 0.129 e. The fraction of sp³-hybridized carbons (Fsp3) is 0.250. The SMILES string of the molecule is CCC1=C(Cl)N=c2c(Br)cccc2=C(Cl)C1. The van der Waals surface area contributed by atoms with Gasteiger partial charge in [-0.1, -0.05) is 42.3 Å². The van der Waals surface area contributed by atoms with Crippen molar-refractivity contribution in [1.82, 2.24) is 0 Å². The molecule has 84 valence electrons. The van der Waals surface area contributed by atoms with Crippen LogP contribution in [0.1, 0.15) is 19.8 Å². The normalized spacial score (nSPS) is 15.6. The second kappa shape index (κ2) is 4.91. The van der Waals surface area contributed by atoms with Crippen molar-refractivity contribution in [3.05, 3.63) is 44.0 Å². The average molecular weight is 319 g/mol. The molecule has 4 heteroatoms. The predicted octanol–water partition coefficient (Wildman–Crippen LogP) is 3.68. The van der Waals surface area contributed by atoms with Crippen molar-refractivity contribution in [2.24, 2.45) is 4.99 Å². The van der Waals surface area contributed by atoms with E-state index >= 15 is 0 Å². The average Bonchev–Trinajstić information content (AvgIpc) is 2.39. The Labute approximate surface area is 113 Å². The van der Waals surface area contributed by atoms with Crippen LogP contribution in [0.25, 0.3) is 5.03 Å². The summed E-state index contributed by atoms with van der Waals surface area (Å²) in [4.78, 5) is 4.43. The van der Waals surface area contributed by atoms with E-state index in [0.717, 1.165) is 32.1 Å². The topological polar surface area (TPSA) is 12.4 Å². The van der Waals surface area contributed by atoms with Crippen LogP contribution in [0.15, 0.2) is 38.4 Å². The van der Waals surface area contributed by atoms with Crippen LogP contribution in [-0.4, -0.2) is 0 Å². The fourth-order valence-corrected chi connectivity index (χ4v) is 2.71. The van der Waals surface area contributed by atoms with Gasteiger partial charge < -0.3 is 0 Å². The molecule has 1 aliphatic heterocycles. The highest BCUT2D eigenvalue weighted by molar-refractivity contribution is 9.10. The number of allylic oxidation sites excluding steroid dienone is 1. The predicted molar refractivity (Wildman–Crippen MR) is 72.0 cm³/mol. The zero-order valence-electron chi connectivity index (χ0n) is 8.73. The van der Waals surface area contributed by atoms with Crippen LogP contribution in [0.2, 0.25) is 0 Å². The molecule has 0 aliphatic carbocycles. The van der Waals surface area contributed by atoms with Crippen molar-refractivity contribution in [1.29, 1.82) is 0 Å². The summed E-state index contributed by atoms with van der Waals surface area (Å²) in [5, 5.41) is 3.14. The lowest BCUT2D eigenvalue weighted by Crippen LogP contribution is -2.26. The van der Waals surface area contributed by atoms with Crippen LogP contribution in [0, 0.1) is 0 Å². The first-order valence-electron chi connectivity index (χ1n) is 5.03. The summed E-state index contributed by atoms with van der Waals surface area (Å²) in [6.45, 7) is 2.06. The minimum absolute atomic E-state index is 0.561. The molecule has 0 atom stereocenters. The van der Waals surface area contributed by atoms with Crippen LogP contribution in [0.3, 0.4) is 0 Å². The monoisotopic (exact) mass is 317 g/mol. The standard InChI is InChI=1S/C12H10BrCl2N/c1-2-7-6-10(14)8-4-3-5-9(13)11(8)16-12(7)15/h3-5H,2,6H2,1H3. The maximum absolute atomic E-state index is 6.31. The van der Waals surface area contributed by atoms with E-state index in [-0.39, 0.29) is 0 Å². The summed E-state index contributed by atoms with van der Waals surface area (Å²) in [5.74, 6) is 0. The first-order valence-corrected chi connectivity index (χ1v) is 6.57. The van der Waals surface area contributed by atoms with E-state index in [2.05, 4.69) is 27.8 Å². The van der Waals surface area contributed by atoms with Crippen LogP contribution in [-0.2, 0) is 0 Å². The first kappa shape index (κ1) is 12.2. The zero-order chi connectivity index (χ0) is 11.7. The lowest BCUT2D eigenvalue weighted by molar-refractivity contribution is 1.03. The number of rotatable bonds is 1. The van der Waals surface area contributed by atoms with E-state index in [0.29, 0.717) is 11.6 Å². The Morgan fingerprint density at radius 2 is 2.12 bits per heavy atom. The van der Waals surface area contributed by atoms with E-state index in [1.54, 1.807) is 0 Å². The van der Waals surface area contributed by atoms with Crippen molar-refractivity contribution in [3.8, 4) is 0 Å². The second-order valence-corrected chi connectivity index (χ2v) is 5.25. The summed E-state index contributed by atoms with van der Waals surface area (Å²) >= 11 is 15.9. The highest BCUT2D eigenvalue weighted by Crippen LogP contribution is 2.25. The van der Waals surface area contributed by atoms with Gasteiger partial charge in [-0.05, 0) is 34.0 Å². The maximum Gasteiger partial charge on any atom is 0.129 e. The minimum Gasteiger partial charge on any atom is -0.235 e. The largest absolute Gasteiger partial charge is 0.235 e. The van der Waals surface area contributed by atoms with Gasteiger partial charge in [-0.3, -0.25) is 0 Å². The van der Waals surface area contributed by atoms with Gasteiger partial charge in [0.2, 0.25) is 0 Å². The molecule has 1 aromatic rings. The highest BCUT2D eigenvalue weighted by Gasteiger charge is 2.10. The number of fused-ring (bicyclic) bond motifs is 1. The third kappa shape index (κ3) is 2.20. The third-order valence-corrected chi connectivity index (χ3v) is 3.91. The van der Waals surface area contributed by atoms with Gasteiger partial charge >= 0.3 is 0 Å². The summed E-state index contributed by atoms with van der Waals surface area (Å²) < 4.78 is 0.915. The van der Waals surface area contributed by atoms with E-state index in [4.69, 9.17) is 23.2 Å². The highest BCUT2D eigenvalue weighted by atomic mass is 79.9. The molecule has 1 aliphatic rings. The fourth-order valence-electron chi connectivity index (χ4n) is 1.65. The second-order valence-electron chi connectivity index (χ2n) is 3.58. The number of benzene rings is 1. The molecule has 0 spiro atoms. The number of hydrogen-bond acceptors (Lipinski definition) is 1. The van der Waals surface area contributed by atoms with E-state index < -0.39 is 0 Å². The Hall–Kier alpha value is -0.310. The first-order chi connectivity index (χ1) is 7.63. The van der Waals surface area contributed by atoms with Gasteiger partial charge in [-0.25, -0.2) is 4.99 Å². The number of para-hydroxylation sites is 1. The van der Waals surface area contributed by atoms with Gasteiger partial charge in [0.25, 0.3) is 0 Å². The molecule has 0 fully saturated rings. The van der Waals surface area contributed by atoms with Crippen molar-refractivity contribution in [3.63, 3.8) is 0 Å².